The smallest absolute Gasteiger partial charge is 0.335 e. The molecule has 1 aliphatic heterocycles. The van der Waals surface area contributed by atoms with Gasteiger partial charge in [-0.1, -0.05) is 23.7 Å². The molecule has 1 heterocycles. The van der Waals surface area contributed by atoms with E-state index in [9.17, 15) is 13.8 Å². The summed E-state index contributed by atoms with van der Waals surface area (Å²) >= 11 is 5.83. The van der Waals surface area contributed by atoms with Crippen LogP contribution >= 0.6 is 11.6 Å². The van der Waals surface area contributed by atoms with E-state index in [-0.39, 0.29) is 23.3 Å². The molecule has 0 bridgehead atoms. The molecule has 2 atom stereocenters. The fourth-order valence-electron chi connectivity index (χ4n) is 2.42. The Morgan fingerprint density at radius 1 is 1.22 bits per heavy atom. The normalized spacial score (nSPS) is 19.8. The number of benzene rings is 2. The number of fused-ring (bicyclic) bond motifs is 1. The lowest BCUT2D eigenvalue weighted by molar-refractivity contribution is 0.0697. The average molecular weight is 350 g/mol. The summed E-state index contributed by atoms with van der Waals surface area (Å²) in [6.45, 7) is 0. The number of carboxylic acids is 1. The summed E-state index contributed by atoms with van der Waals surface area (Å²) in [5, 5.41) is 8.86. The Bertz CT molecular complexity index is 819. The Labute approximate surface area is 139 Å². The highest BCUT2D eigenvalue weighted by atomic mass is 35.5. The Kier molecular flexibility index (Phi) is 4.19. The van der Waals surface area contributed by atoms with Gasteiger partial charge in [-0.25, -0.2) is 9.00 Å². The summed E-state index contributed by atoms with van der Waals surface area (Å²) in [4.78, 5) is 23.7. The van der Waals surface area contributed by atoms with Crippen LogP contribution in [0.5, 0.6) is 0 Å². The van der Waals surface area contributed by atoms with Crippen molar-refractivity contribution in [2.75, 3.05) is 4.72 Å². The summed E-state index contributed by atoms with van der Waals surface area (Å²) in [7, 11) is -1.57. The van der Waals surface area contributed by atoms with Crippen LogP contribution in [0.3, 0.4) is 0 Å². The maximum atomic E-state index is 12.6. The third kappa shape index (κ3) is 3.13. The number of ketones is 1. The first kappa shape index (κ1) is 15.7. The summed E-state index contributed by atoms with van der Waals surface area (Å²) in [5.41, 5.74) is 1.51. The molecule has 2 N–H and O–H groups in total. The van der Waals surface area contributed by atoms with Gasteiger partial charge in [-0.05, 0) is 42.3 Å². The van der Waals surface area contributed by atoms with Crippen molar-refractivity contribution in [1.29, 1.82) is 0 Å². The second-order valence-electron chi connectivity index (χ2n) is 5.15. The number of rotatable bonds is 3. The lowest BCUT2D eigenvalue weighted by atomic mass is 9.99. The molecule has 23 heavy (non-hydrogen) atoms. The first-order chi connectivity index (χ1) is 11.0. The van der Waals surface area contributed by atoms with Crippen LogP contribution in [0.25, 0.3) is 0 Å². The molecule has 0 spiro atoms. The van der Waals surface area contributed by atoms with Crippen molar-refractivity contribution in [3.05, 3.63) is 64.2 Å². The molecule has 0 saturated heterocycles. The van der Waals surface area contributed by atoms with E-state index in [1.807, 2.05) is 0 Å². The zero-order chi connectivity index (χ0) is 16.6. The SMILES string of the molecule is O=C(O)c1ccc2c(c1)C(=O)C(Cc1ccc(Cl)cc1)S(=O)N2. The largest absolute Gasteiger partial charge is 0.478 e. The number of anilines is 1. The molecule has 0 aromatic heterocycles. The van der Waals surface area contributed by atoms with Crippen molar-refractivity contribution in [2.45, 2.75) is 11.7 Å². The molecule has 2 aromatic carbocycles. The van der Waals surface area contributed by atoms with E-state index in [0.29, 0.717) is 10.7 Å². The van der Waals surface area contributed by atoms with Gasteiger partial charge in [0.25, 0.3) is 0 Å². The van der Waals surface area contributed by atoms with Crippen molar-refractivity contribution in [2.24, 2.45) is 0 Å². The zero-order valence-electron chi connectivity index (χ0n) is 11.8. The van der Waals surface area contributed by atoms with Gasteiger partial charge in [0, 0.05) is 10.6 Å². The Morgan fingerprint density at radius 2 is 1.91 bits per heavy atom. The lowest BCUT2D eigenvalue weighted by Crippen LogP contribution is -2.37. The highest BCUT2D eigenvalue weighted by Crippen LogP contribution is 2.28. The lowest BCUT2D eigenvalue weighted by Gasteiger charge is -2.24. The van der Waals surface area contributed by atoms with Gasteiger partial charge in [-0.2, -0.15) is 0 Å². The van der Waals surface area contributed by atoms with E-state index in [2.05, 4.69) is 4.72 Å². The molecule has 0 aliphatic carbocycles. The predicted octanol–water partition coefficient (Wildman–Crippen LogP) is 2.92. The first-order valence-corrected chi connectivity index (χ1v) is 8.38. The van der Waals surface area contributed by atoms with Gasteiger partial charge in [-0.15, -0.1) is 0 Å². The Morgan fingerprint density at radius 3 is 2.57 bits per heavy atom. The van der Waals surface area contributed by atoms with Crippen molar-refractivity contribution in [1.82, 2.24) is 0 Å². The fraction of sp³-hybridized carbons (Fsp3) is 0.125. The molecule has 5 nitrogen and oxygen atoms in total. The minimum atomic E-state index is -1.57. The number of nitrogens with one attached hydrogen (secondary N) is 1. The van der Waals surface area contributed by atoms with Gasteiger partial charge in [-0.3, -0.25) is 4.79 Å². The molecule has 2 aromatic rings. The molecule has 1 aliphatic rings. The molecule has 0 fully saturated rings. The van der Waals surface area contributed by atoms with Crippen LogP contribution < -0.4 is 4.72 Å². The number of hydrogen-bond donors (Lipinski definition) is 2. The molecular weight excluding hydrogens is 338 g/mol. The number of hydrogen-bond acceptors (Lipinski definition) is 3. The van der Waals surface area contributed by atoms with Crippen LogP contribution in [-0.4, -0.2) is 26.3 Å². The summed E-state index contributed by atoms with van der Waals surface area (Å²) in [5.74, 6) is -1.43. The molecule has 118 valence electrons. The van der Waals surface area contributed by atoms with Gasteiger partial charge in [0.15, 0.2) is 5.78 Å². The Hall–Kier alpha value is -2.18. The van der Waals surface area contributed by atoms with Crippen LogP contribution in [0, 0.1) is 0 Å². The van der Waals surface area contributed by atoms with Gasteiger partial charge in [0.05, 0.1) is 11.3 Å². The standard InChI is InChI=1S/C16H12ClNO4S/c17-11-4-1-9(2-5-11)7-14-15(19)12-8-10(16(20)21)3-6-13(12)18-23(14)22/h1-6,8,14,18H,7H2,(H,20,21). The van der Waals surface area contributed by atoms with Gasteiger partial charge < -0.3 is 9.83 Å². The molecule has 3 rings (SSSR count). The predicted molar refractivity (Wildman–Crippen MR) is 88.4 cm³/mol. The fourth-order valence-corrected chi connectivity index (χ4v) is 3.75. The van der Waals surface area contributed by atoms with Gasteiger partial charge >= 0.3 is 5.97 Å². The molecular formula is C16H12ClNO4S. The van der Waals surface area contributed by atoms with Crippen molar-refractivity contribution >= 4 is 40.0 Å². The molecule has 0 saturated carbocycles. The first-order valence-electron chi connectivity index (χ1n) is 6.79. The molecule has 2 unspecified atom stereocenters. The van der Waals surface area contributed by atoms with E-state index < -0.39 is 22.2 Å². The third-order valence-corrected chi connectivity index (χ3v) is 5.20. The van der Waals surface area contributed by atoms with E-state index >= 15 is 0 Å². The minimum Gasteiger partial charge on any atom is -0.478 e. The average Bonchev–Trinajstić information content (AvgIpc) is 2.53. The monoisotopic (exact) mass is 349 g/mol. The van der Waals surface area contributed by atoms with Gasteiger partial charge in [0.1, 0.15) is 16.2 Å². The van der Waals surface area contributed by atoms with Crippen molar-refractivity contribution < 1.29 is 18.9 Å². The van der Waals surface area contributed by atoms with Crippen LogP contribution in [0.15, 0.2) is 42.5 Å². The second-order valence-corrected chi connectivity index (χ2v) is 6.95. The number of carbonyl (C=O) groups excluding carboxylic acids is 1. The van der Waals surface area contributed by atoms with Crippen molar-refractivity contribution in [3.8, 4) is 0 Å². The number of Topliss-reactive ketones (excluding diaryl/α,β-unsaturated/α-hetero) is 1. The topological polar surface area (TPSA) is 83.5 Å². The van der Waals surface area contributed by atoms with E-state index in [4.69, 9.17) is 16.7 Å². The molecule has 0 radical (unpaired) electrons. The number of aromatic carboxylic acids is 1. The van der Waals surface area contributed by atoms with Crippen LogP contribution in [0.4, 0.5) is 5.69 Å². The maximum absolute atomic E-state index is 12.6. The molecule has 7 heteroatoms. The molecule has 0 amide bonds. The summed E-state index contributed by atoms with van der Waals surface area (Å²) in [6.07, 6.45) is 0.284. The van der Waals surface area contributed by atoms with E-state index in [1.54, 1.807) is 24.3 Å². The van der Waals surface area contributed by atoms with Crippen molar-refractivity contribution in [3.63, 3.8) is 0 Å². The quantitative estimate of drug-likeness (QED) is 0.892. The number of carbonyl (C=O) groups is 2. The summed E-state index contributed by atoms with van der Waals surface area (Å²) < 4.78 is 15.1. The highest BCUT2D eigenvalue weighted by Gasteiger charge is 2.33. The van der Waals surface area contributed by atoms with E-state index in [0.717, 1.165) is 5.56 Å². The van der Waals surface area contributed by atoms with Crippen LogP contribution in [0.1, 0.15) is 26.3 Å². The third-order valence-electron chi connectivity index (χ3n) is 3.63. The number of carboxylic acid groups (broad SMARTS) is 1. The van der Waals surface area contributed by atoms with Crippen LogP contribution in [0.2, 0.25) is 5.02 Å². The Balaban J connectivity index is 1.93. The maximum Gasteiger partial charge on any atom is 0.335 e. The second kappa shape index (κ2) is 6.14. The summed E-state index contributed by atoms with van der Waals surface area (Å²) in [6, 6.07) is 11.1. The highest BCUT2D eigenvalue weighted by molar-refractivity contribution is 7.88. The van der Waals surface area contributed by atoms with E-state index in [1.165, 1.54) is 18.2 Å². The number of halogens is 1. The van der Waals surface area contributed by atoms with Gasteiger partial charge in [0.2, 0.25) is 0 Å². The minimum absolute atomic E-state index is 0.0248. The zero-order valence-corrected chi connectivity index (χ0v) is 13.4. The van der Waals surface area contributed by atoms with Crippen LogP contribution in [-0.2, 0) is 17.4 Å².